The number of benzene rings is 2. The summed E-state index contributed by atoms with van der Waals surface area (Å²) in [6.45, 7) is 0. The Labute approximate surface area is 119 Å². The maximum atomic E-state index is 5.97. The molecule has 0 fully saturated rings. The van der Waals surface area contributed by atoms with Gasteiger partial charge in [0.05, 0.1) is 17.4 Å². The van der Waals surface area contributed by atoms with Crippen LogP contribution in [0.5, 0.6) is 11.5 Å². The molecule has 3 aromatic rings. The summed E-state index contributed by atoms with van der Waals surface area (Å²) in [6.07, 6.45) is 1.62. The van der Waals surface area contributed by atoms with Gasteiger partial charge in [0.25, 0.3) is 0 Å². The normalized spacial score (nSPS) is 10.6. The van der Waals surface area contributed by atoms with Crippen molar-refractivity contribution in [2.75, 3.05) is 5.73 Å². The van der Waals surface area contributed by atoms with Gasteiger partial charge in [0, 0.05) is 9.86 Å². The fourth-order valence-electron chi connectivity index (χ4n) is 1.89. The molecule has 4 heteroatoms. The number of nitrogens with two attached hydrogens (primary N) is 1. The van der Waals surface area contributed by atoms with Crippen LogP contribution in [0.3, 0.4) is 0 Å². The van der Waals surface area contributed by atoms with E-state index in [-0.39, 0.29) is 0 Å². The quantitative estimate of drug-likeness (QED) is 0.764. The molecule has 0 saturated heterocycles. The highest BCUT2D eigenvalue weighted by atomic mass is 79.9. The first-order valence-corrected chi connectivity index (χ1v) is 6.60. The van der Waals surface area contributed by atoms with Gasteiger partial charge in [-0.3, -0.25) is 4.98 Å². The van der Waals surface area contributed by atoms with Crippen molar-refractivity contribution in [2.45, 2.75) is 0 Å². The molecule has 1 aromatic heterocycles. The molecule has 0 atom stereocenters. The Morgan fingerprint density at radius 3 is 2.74 bits per heavy atom. The highest BCUT2D eigenvalue weighted by Crippen LogP contribution is 2.34. The summed E-state index contributed by atoms with van der Waals surface area (Å²) in [5.41, 5.74) is 7.36. The first-order valence-electron chi connectivity index (χ1n) is 5.81. The zero-order chi connectivity index (χ0) is 13.2. The molecular weight excluding hydrogens is 304 g/mol. The van der Waals surface area contributed by atoms with Crippen molar-refractivity contribution in [1.82, 2.24) is 4.98 Å². The van der Waals surface area contributed by atoms with Crippen LogP contribution >= 0.6 is 15.9 Å². The number of nitrogens with zero attached hydrogens (tertiary/aromatic N) is 1. The molecule has 3 rings (SSSR count). The Hall–Kier alpha value is -2.07. The molecule has 0 spiro atoms. The van der Waals surface area contributed by atoms with Gasteiger partial charge >= 0.3 is 0 Å². The van der Waals surface area contributed by atoms with E-state index >= 15 is 0 Å². The van der Waals surface area contributed by atoms with Crippen molar-refractivity contribution < 1.29 is 4.74 Å². The smallest absolute Gasteiger partial charge is 0.161 e. The zero-order valence-corrected chi connectivity index (χ0v) is 11.6. The molecule has 3 nitrogen and oxygen atoms in total. The largest absolute Gasteiger partial charge is 0.454 e. The lowest BCUT2D eigenvalue weighted by molar-refractivity contribution is 0.490. The third kappa shape index (κ3) is 2.39. The van der Waals surface area contributed by atoms with E-state index in [0.717, 1.165) is 21.1 Å². The van der Waals surface area contributed by atoms with Crippen LogP contribution < -0.4 is 10.5 Å². The molecule has 94 valence electrons. The summed E-state index contributed by atoms with van der Waals surface area (Å²) in [4.78, 5) is 4.29. The third-order valence-electron chi connectivity index (χ3n) is 2.77. The molecule has 19 heavy (non-hydrogen) atoms. The second kappa shape index (κ2) is 4.90. The summed E-state index contributed by atoms with van der Waals surface area (Å²) in [5.74, 6) is 1.38. The lowest BCUT2D eigenvalue weighted by Gasteiger charge is -2.11. The first kappa shape index (κ1) is 12.0. The van der Waals surface area contributed by atoms with E-state index in [1.165, 1.54) is 0 Å². The van der Waals surface area contributed by atoms with Crippen LogP contribution in [0.1, 0.15) is 0 Å². The van der Waals surface area contributed by atoms with Crippen LogP contribution in [-0.4, -0.2) is 4.98 Å². The van der Waals surface area contributed by atoms with Gasteiger partial charge in [-0.15, -0.1) is 0 Å². The number of rotatable bonds is 2. The average molecular weight is 315 g/mol. The SMILES string of the molecule is Nc1cnc2ccccc2c1Oc1cccc(Br)c1. The number of hydrogen-bond donors (Lipinski definition) is 1. The summed E-state index contributed by atoms with van der Waals surface area (Å²) < 4.78 is 6.87. The number of pyridine rings is 1. The van der Waals surface area contributed by atoms with Gasteiger partial charge < -0.3 is 10.5 Å². The lowest BCUT2D eigenvalue weighted by Crippen LogP contribution is -1.95. The van der Waals surface area contributed by atoms with Crippen LogP contribution in [0.25, 0.3) is 10.9 Å². The van der Waals surface area contributed by atoms with Crippen molar-refractivity contribution >= 4 is 32.5 Å². The van der Waals surface area contributed by atoms with E-state index in [2.05, 4.69) is 20.9 Å². The fraction of sp³-hybridized carbons (Fsp3) is 0. The van der Waals surface area contributed by atoms with Crippen molar-refractivity contribution in [2.24, 2.45) is 0 Å². The number of fused-ring (bicyclic) bond motifs is 1. The second-order valence-electron chi connectivity index (χ2n) is 4.12. The highest BCUT2D eigenvalue weighted by Gasteiger charge is 2.08. The fourth-order valence-corrected chi connectivity index (χ4v) is 2.27. The number of anilines is 1. The number of hydrogen-bond acceptors (Lipinski definition) is 3. The molecule has 0 aliphatic heterocycles. The minimum Gasteiger partial charge on any atom is -0.454 e. The molecule has 0 aliphatic carbocycles. The second-order valence-corrected chi connectivity index (χ2v) is 5.03. The zero-order valence-electron chi connectivity index (χ0n) is 10.0. The molecule has 0 bridgehead atoms. The average Bonchev–Trinajstić information content (AvgIpc) is 2.42. The Balaban J connectivity index is 2.12. The minimum absolute atomic E-state index is 0.527. The predicted octanol–water partition coefficient (Wildman–Crippen LogP) is 4.37. The Bertz CT molecular complexity index is 743. The van der Waals surface area contributed by atoms with Crippen LogP contribution in [0.15, 0.2) is 59.2 Å². The molecular formula is C15H11BrN2O. The Kier molecular flexibility index (Phi) is 3.09. The van der Waals surface area contributed by atoms with Crippen molar-refractivity contribution in [3.63, 3.8) is 0 Å². The van der Waals surface area contributed by atoms with E-state index in [4.69, 9.17) is 10.5 Å². The first-order chi connectivity index (χ1) is 9.24. The number of nitrogen functional groups attached to an aromatic ring is 1. The molecule has 0 unspecified atom stereocenters. The standard InChI is InChI=1S/C15H11BrN2O/c16-10-4-3-5-11(8-10)19-15-12-6-1-2-7-14(12)18-9-13(15)17/h1-9H,17H2. The van der Waals surface area contributed by atoms with Crippen LogP contribution in [-0.2, 0) is 0 Å². The molecule has 0 aliphatic rings. The number of ether oxygens (including phenoxy) is 1. The molecule has 2 N–H and O–H groups in total. The van der Waals surface area contributed by atoms with E-state index in [1.807, 2.05) is 48.5 Å². The van der Waals surface area contributed by atoms with E-state index in [1.54, 1.807) is 6.20 Å². The van der Waals surface area contributed by atoms with Crippen molar-refractivity contribution in [3.8, 4) is 11.5 Å². The van der Waals surface area contributed by atoms with Crippen LogP contribution in [0, 0.1) is 0 Å². The van der Waals surface area contributed by atoms with Gasteiger partial charge in [-0.2, -0.15) is 0 Å². The predicted molar refractivity (Wildman–Crippen MR) is 80.4 cm³/mol. The summed E-state index contributed by atoms with van der Waals surface area (Å²) in [7, 11) is 0. The molecule has 2 aromatic carbocycles. The van der Waals surface area contributed by atoms with Crippen LogP contribution in [0.4, 0.5) is 5.69 Å². The van der Waals surface area contributed by atoms with E-state index < -0.39 is 0 Å². The molecule has 1 heterocycles. The maximum absolute atomic E-state index is 5.97. The van der Waals surface area contributed by atoms with Crippen molar-refractivity contribution in [3.05, 3.63) is 59.2 Å². The molecule has 0 radical (unpaired) electrons. The monoisotopic (exact) mass is 314 g/mol. The van der Waals surface area contributed by atoms with Gasteiger partial charge in [0.15, 0.2) is 5.75 Å². The van der Waals surface area contributed by atoms with Gasteiger partial charge in [-0.1, -0.05) is 34.1 Å². The van der Waals surface area contributed by atoms with Gasteiger partial charge in [-0.25, -0.2) is 0 Å². The minimum atomic E-state index is 0.527. The highest BCUT2D eigenvalue weighted by molar-refractivity contribution is 9.10. The molecule has 0 saturated carbocycles. The van der Waals surface area contributed by atoms with Gasteiger partial charge in [0.2, 0.25) is 0 Å². The molecule has 0 amide bonds. The van der Waals surface area contributed by atoms with E-state index in [0.29, 0.717) is 11.4 Å². The number of aromatic nitrogens is 1. The summed E-state index contributed by atoms with van der Waals surface area (Å²) in [5, 5.41) is 0.905. The van der Waals surface area contributed by atoms with E-state index in [9.17, 15) is 0 Å². The van der Waals surface area contributed by atoms with Gasteiger partial charge in [-0.05, 0) is 30.3 Å². The van der Waals surface area contributed by atoms with Crippen LogP contribution in [0.2, 0.25) is 0 Å². The maximum Gasteiger partial charge on any atom is 0.161 e. The summed E-state index contributed by atoms with van der Waals surface area (Å²) in [6, 6.07) is 15.4. The van der Waals surface area contributed by atoms with Gasteiger partial charge in [0.1, 0.15) is 5.75 Å². The Morgan fingerprint density at radius 2 is 1.89 bits per heavy atom. The van der Waals surface area contributed by atoms with Crippen molar-refractivity contribution in [1.29, 1.82) is 0 Å². The summed E-state index contributed by atoms with van der Waals surface area (Å²) >= 11 is 3.42. The lowest BCUT2D eigenvalue weighted by atomic mass is 10.2. The topological polar surface area (TPSA) is 48.1 Å². The number of para-hydroxylation sites is 1. The Morgan fingerprint density at radius 1 is 1.05 bits per heavy atom. The third-order valence-corrected chi connectivity index (χ3v) is 3.26. The number of halogens is 1.